The Morgan fingerprint density at radius 2 is 2.00 bits per heavy atom. The van der Waals surface area contributed by atoms with Gasteiger partial charge in [0.15, 0.2) is 0 Å². The molecule has 0 aromatic heterocycles. The van der Waals surface area contributed by atoms with Crippen LogP contribution in [0.2, 0.25) is 0 Å². The second-order valence-electron chi connectivity index (χ2n) is 8.06. The van der Waals surface area contributed by atoms with E-state index in [0.29, 0.717) is 29.6 Å². The van der Waals surface area contributed by atoms with Crippen molar-refractivity contribution in [2.24, 2.45) is 35.0 Å². The number of rotatable bonds is 3. The monoisotopic (exact) mass is 262 g/mol. The van der Waals surface area contributed by atoms with Crippen LogP contribution in [0.3, 0.4) is 0 Å². The summed E-state index contributed by atoms with van der Waals surface area (Å²) in [5.41, 5.74) is 0.573. The van der Waals surface area contributed by atoms with Gasteiger partial charge in [-0.3, -0.25) is 4.79 Å². The highest BCUT2D eigenvalue weighted by Gasteiger charge is 2.75. The van der Waals surface area contributed by atoms with E-state index in [-0.39, 0.29) is 11.6 Å². The molecule has 5 saturated carbocycles. The van der Waals surface area contributed by atoms with E-state index in [9.17, 15) is 4.79 Å². The van der Waals surface area contributed by atoms with Crippen LogP contribution in [-0.4, -0.2) is 11.6 Å². The molecule has 5 rings (SSSR count). The zero-order valence-corrected chi connectivity index (χ0v) is 12.4. The standard InChI is InChI=1S/C17H26O2/c1-4-15(18)19-17(10(2)3)12-5-11-6-13-14(17)9-16(13,7-11)8-12/h10-14H,4-9H2,1-3H3. The topological polar surface area (TPSA) is 26.3 Å². The fourth-order valence-corrected chi connectivity index (χ4v) is 6.70. The van der Waals surface area contributed by atoms with E-state index < -0.39 is 0 Å². The molecule has 6 unspecified atom stereocenters. The number of ether oxygens (including phenoxy) is 1. The lowest BCUT2D eigenvalue weighted by Crippen LogP contribution is -2.69. The number of hydrogen-bond donors (Lipinski definition) is 0. The molecule has 2 nitrogen and oxygen atoms in total. The number of hydrogen-bond acceptors (Lipinski definition) is 2. The molecule has 6 atom stereocenters. The second kappa shape index (κ2) is 3.56. The Bertz CT molecular complexity index is 423. The molecule has 0 amide bonds. The van der Waals surface area contributed by atoms with Crippen molar-refractivity contribution >= 4 is 5.97 Å². The first kappa shape index (κ1) is 12.2. The van der Waals surface area contributed by atoms with Crippen molar-refractivity contribution in [1.29, 1.82) is 0 Å². The van der Waals surface area contributed by atoms with Crippen molar-refractivity contribution in [3.63, 3.8) is 0 Å². The number of carbonyl (C=O) groups excluding carboxylic acids is 1. The maximum Gasteiger partial charge on any atom is 0.306 e. The molecule has 0 aromatic carbocycles. The highest BCUT2D eigenvalue weighted by atomic mass is 16.6. The lowest BCUT2D eigenvalue weighted by molar-refractivity contribution is -0.267. The fraction of sp³-hybridized carbons (Fsp3) is 0.941. The molecule has 0 aromatic rings. The molecule has 4 bridgehead atoms. The number of fused-ring (bicyclic) bond motifs is 1. The number of carbonyl (C=O) groups is 1. The van der Waals surface area contributed by atoms with Gasteiger partial charge in [0.1, 0.15) is 5.60 Å². The molecule has 0 radical (unpaired) electrons. The Kier molecular flexibility index (Phi) is 2.29. The van der Waals surface area contributed by atoms with Gasteiger partial charge in [0.25, 0.3) is 0 Å². The minimum atomic E-state index is -0.116. The zero-order valence-electron chi connectivity index (χ0n) is 12.4. The maximum absolute atomic E-state index is 12.0. The van der Waals surface area contributed by atoms with E-state index in [1.54, 1.807) is 0 Å². The van der Waals surface area contributed by atoms with Gasteiger partial charge in [-0.25, -0.2) is 0 Å². The predicted molar refractivity (Wildman–Crippen MR) is 73.4 cm³/mol. The van der Waals surface area contributed by atoms with Crippen molar-refractivity contribution in [3.8, 4) is 0 Å². The highest BCUT2D eigenvalue weighted by molar-refractivity contribution is 5.69. The summed E-state index contributed by atoms with van der Waals surface area (Å²) >= 11 is 0. The van der Waals surface area contributed by atoms with Gasteiger partial charge in [0.05, 0.1) is 0 Å². The average molecular weight is 262 g/mol. The summed E-state index contributed by atoms with van der Waals surface area (Å²) in [5, 5.41) is 0. The van der Waals surface area contributed by atoms with Crippen molar-refractivity contribution < 1.29 is 9.53 Å². The summed E-state index contributed by atoms with van der Waals surface area (Å²) < 4.78 is 6.18. The minimum Gasteiger partial charge on any atom is -0.458 e. The third-order valence-corrected chi connectivity index (χ3v) is 7.15. The summed E-state index contributed by atoms with van der Waals surface area (Å²) in [4.78, 5) is 12.0. The van der Waals surface area contributed by atoms with Crippen LogP contribution in [0.5, 0.6) is 0 Å². The van der Waals surface area contributed by atoms with Crippen molar-refractivity contribution in [2.45, 2.75) is 64.9 Å². The van der Waals surface area contributed by atoms with E-state index in [2.05, 4.69) is 13.8 Å². The molecule has 0 saturated heterocycles. The number of esters is 1. The van der Waals surface area contributed by atoms with Crippen LogP contribution in [0.15, 0.2) is 0 Å². The lowest BCUT2D eigenvalue weighted by Gasteiger charge is -2.69. The van der Waals surface area contributed by atoms with Crippen LogP contribution in [0.4, 0.5) is 0 Å². The Balaban J connectivity index is 1.74. The molecule has 19 heavy (non-hydrogen) atoms. The Morgan fingerprint density at radius 3 is 2.68 bits per heavy atom. The van der Waals surface area contributed by atoms with Crippen LogP contribution in [-0.2, 0) is 9.53 Å². The Morgan fingerprint density at radius 1 is 1.21 bits per heavy atom. The third kappa shape index (κ3) is 1.27. The van der Waals surface area contributed by atoms with E-state index in [0.717, 1.165) is 11.8 Å². The largest absolute Gasteiger partial charge is 0.458 e. The molecular formula is C17H26O2. The van der Waals surface area contributed by atoms with E-state index in [4.69, 9.17) is 4.74 Å². The molecule has 0 aliphatic heterocycles. The first-order chi connectivity index (χ1) is 9.02. The van der Waals surface area contributed by atoms with Gasteiger partial charge in [-0.2, -0.15) is 0 Å². The molecule has 5 fully saturated rings. The summed E-state index contributed by atoms with van der Waals surface area (Å²) in [6.07, 6.45) is 7.45. The van der Waals surface area contributed by atoms with E-state index >= 15 is 0 Å². The van der Waals surface area contributed by atoms with Gasteiger partial charge in [-0.15, -0.1) is 0 Å². The normalized spacial score (nSPS) is 53.3. The van der Waals surface area contributed by atoms with Gasteiger partial charge in [-0.05, 0) is 55.3 Å². The lowest BCUT2D eigenvalue weighted by atomic mass is 9.38. The van der Waals surface area contributed by atoms with Gasteiger partial charge >= 0.3 is 5.97 Å². The quantitative estimate of drug-likeness (QED) is 0.723. The molecule has 1 spiro atoms. The van der Waals surface area contributed by atoms with Gasteiger partial charge in [0.2, 0.25) is 0 Å². The molecular weight excluding hydrogens is 236 g/mol. The van der Waals surface area contributed by atoms with Crippen LogP contribution in [0.1, 0.15) is 59.3 Å². The SMILES string of the molecule is CCC(=O)OC1(C(C)C)C2CC3CC4C1CC4(C3)C2. The Labute approximate surface area is 116 Å². The summed E-state index contributed by atoms with van der Waals surface area (Å²) in [6.45, 7) is 6.48. The van der Waals surface area contributed by atoms with Gasteiger partial charge < -0.3 is 4.74 Å². The molecule has 0 N–H and O–H groups in total. The molecule has 5 aliphatic carbocycles. The highest BCUT2D eigenvalue weighted by Crippen LogP contribution is 2.78. The van der Waals surface area contributed by atoms with Gasteiger partial charge in [-0.1, -0.05) is 20.8 Å². The van der Waals surface area contributed by atoms with Crippen LogP contribution in [0, 0.1) is 35.0 Å². The summed E-state index contributed by atoms with van der Waals surface area (Å²) in [7, 11) is 0. The van der Waals surface area contributed by atoms with Crippen LogP contribution in [0.25, 0.3) is 0 Å². The molecule has 5 aliphatic rings. The third-order valence-electron chi connectivity index (χ3n) is 7.15. The predicted octanol–water partition coefficient (Wildman–Crippen LogP) is 3.79. The molecule has 106 valence electrons. The zero-order chi connectivity index (χ0) is 13.4. The Hall–Kier alpha value is -0.530. The van der Waals surface area contributed by atoms with Crippen LogP contribution >= 0.6 is 0 Å². The first-order valence-corrected chi connectivity index (χ1v) is 8.23. The minimum absolute atomic E-state index is 0.0240. The fourth-order valence-electron chi connectivity index (χ4n) is 6.70. The summed E-state index contributed by atoms with van der Waals surface area (Å²) in [5.74, 6) is 3.64. The first-order valence-electron chi connectivity index (χ1n) is 8.23. The maximum atomic E-state index is 12.0. The average Bonchev–Trinajstić information content (AvgIpc) is 2.51. The summed E-state index contributed by atoms with van der Waals surface area (Å²) in [6, 6.07) is 0. The molecule has 0 heterocycles. The van der Waals surface area contributed by atoms with Crippen LogP contribution < -0.4 is 0 Å². The van der Waals surface area contributed by atoms with Crippen molar-refractivity contribution in [1.82, 2.24) is 0 Å². The van der Waals surface area contributed by atoms with Gasteiger partial charge in [0, 0.05) is 18.3 Å². The van der Waals surface area contributed by atoms with Crippen molar-refractivity contribution in [2.75, 3.05) is 0 Å². The van der Waals surface area contributed by atoms with E-state index in [1.165, 1.54) is 32.1 Å². The molecule has 2 heteroatoms. The van der Waals surface area contributed by atoms with Crippen molar-refractivity contribution in [3.05, 3.63) is 0 Å². The smallest absolute Gasteiger partial charge is 0.306 e. The van der Waals surface area contributed by atoms with E-state index in [1.807, 2.05) is 6.92 Å². The second-order valence-corrected chi connectivity index (χ2v) is 8.06.